The van der Waals surface area contributed by atoms with Crippen LogP contribution < -0.4 is 0 Å². The van der Waals surface area contributed by atoms with Crippen LogP contribution >= 0.6 is 0 Å². The highest BCUT2D eigenvalue weighted by molar-refractivity contribution is 7.89. The fourth-order valence-electron chi connectivity index (χ4n) is 2.99. The molecule has 2 unspecified atom stereocenters. The van der Waals surface area contributed by atoms with Crippen molar-refractivity contribution in [2.24, 2.45) is 5.92 Å². The Kier molecular flexibility index (Phi) is 4.39. The summed E-state index contributed by atoms with van der Waals surface area (Å²) in [7, 11) is -3.91. The molecule has 0 saturated carbocycles. The first-order chi connectivity index (χ1) is 11.3. The Morgan fingerprint density at radius 1 is 1.33 bits per heavy atom. The minimum absolute atomic E-state index is 0.0209. The quantitative estimate of drug-likeness (QED) is 0.908. The molecule has 0 radical (unpaired) electrons. The van der Waals surface area contributed by atoms with Crippen molar-refractivity contribution in [1.29, 1.82) is 0 Å². The average Bonchev–Trinajstić information content (AvgIpc) is 3.15. The Morgan fingerprint density at radius 3 is 2.71 bits per heavy atom. The molecule has 1 saturated heterocycles. The van der Waals surface area contributed by atoms with Gasteiger partial charge in [0.05, 0.1) is 11.6 Å². The number of aromatic amines is 1. The van der Waals surface area contributed by atoms with E-state index in [2.05, 4.69) is 15.2 Å². The van der Waals surface area contributed by atoms with Gasteiger partial charge in [0.2, 0.25) is 10.0 Å². The summed E-state index contributed by atoms with van der Waals surface area (Å²) in [5, 5.41) is 6.72. The van der Waals surface area contributed by atoms with Gasteiger partial charge < -0.3 is 0 Å². The molecule has 1 aromatic carbocycles. The summed E-state index contributed by atoms with van der Waals surface area (Å²) in [6.07, 6.45) is 0. The van der Waals surface area contributed by atoms with Crippen molar-refractivity contribution < 1.29 is 17.2 Å². The predicted octanol–water partition coefficient (Wildman–Crippen LogP) is 1.93. The predicted molar refractivity (Wildman–Crippen MR) is 83.2 cm³/mol. The van der Waals surface area contributed by atoms with Gasteiger partial charge >= 0.3 is 0 Å². The van der Waals surface area contributed by atoms with Crippen molar-refractivity contribution in [1.82, 2.24) is 19.5 Å². The van der Waals surface area contributed by atoms with Crippen LogP contribution in [-0.4, -0.2) is 47.7 Å². The molecule has 1 N–H and O–H groups in total. The number of alkyl halides is 1. The van der Waals surface area contributed by atoms with Crippen LogP contribution in [0.3, 0.4) is 0 Å². The SMILES string of the molecule is Cc1nc(C2CN(S(=O)(=O)c3cc(F)ccc3C)CC2CF)n[nH]1. The molecule has 2 aromatic rings. The van der Waals surface area contributed by atoms with Gasteiger partial charge in [-0.25, -0.2) is 17.8 Å². The average molecular weight is 356 g/mol. The third kappa shape index (κ3) is 2.93. The van der Waals surface area contributed by atoms with Crippen LogP contribution in [-0.2, 0) is 10.0 Å². The number of nitrogens with one attached hydrogen (secondary N) is 1. The van der Waals surface area contributed by atoms with Gasteiger partial charge in [-0.15, -0.1) is 0 Å². The number of H-pyrrole nitrogens is 1. The maximum atomic E-state index is 13.5. The van der Waals surface area contributed by atoms with E-state index in [1.54, 1.807) is 13.8 Å². The number of halogens is 2. The molecule has 1 aliphatic heterocycles. The van der Waals surface area contributed by atoms with Gasteiger partial charge in [-0.3, -0.25) is 9.49 Å². The molecule has 2 heterocycles. The maximum Gasteiger partial charge on any atom is 0.243 e. The number of rotatable bonds is 4. The van der Waals surface area contributed by atoms with Gasteiger partial charge in [0, 0.05) is 24.9 Å². The first-order valence-electron chi connectivity index (χ1n) is 7.54. The molecule has 9 heteroatoms. The minimum atomic E-state index is -3.91. The second kappa shape index (κ2) is 6.21. The molecule has 0 spiro atoms. The Hall–Kier alpha value is -1.87. The summed E-state index contributed by atoms with van der Waals surface area (Å²) in [4.78, 5) is 4.11. The summed E-state index contributed by atoms with van der Waals surface area (Å²) < 4.78 is 53.8. The van der Waals surface area contributed by atoms with Gasteiger partial charge in [0.15, 0.2) is 5.82 Å². The van der Waals surface area contributed by atoms with E-state index in [4.69, 9.17) is 0 Å². The first-order valence-corrected chi connectivity index (χ1v) is 8.98. The first kappa shape index (κ1) is 17.0. The van der Waals surface area contributed by atoms with Gasteiger partial charge in [0.1, 0.15) is 11.6 Å². The topological polar surface area (TPSA) is 79.0 Å². The third-order valence-corrected chi connectivity index (χ3v) is 6.29. The number of benzene rings is 1. The Balaban J connectivity index is 1.94. The zero-order valence-corrected chi connectivity index (χ0v) is 14.1. The smallest absolute Gasteiger partial charge is 0.243 e. The molecule has 0 aliphatic carbocycles. The fraction of sp³-hybridized carbons (Fsp3) is 0.467. The number of aromatic nitrogens is 3. The largest absolute Gasteiger partial charge is 0.263 e. The zero-order chi connectivity index (χ0) is 17.5. The Bertz CT molecular complexity index is 853. The number of hydrogen-bond donors (Lipinski definition) is 1. The van der Waals surface area contributed by atoms with Crippen LogP contribution in [0.1, 0.15) is 23.1 Å². The number of sulfonamides is 1. The monoisotopic (exact) mass is 356 g/mol. The highest BCUT2D eigenvalue weighted by atomic mass is 32.2. The zero-order valence-electron chi connectivity index (χ0n) is 13.3. The second-order valence-corrected chi connectivity index (χ2v) is 7.94. The normalized spacial score (nSPS) is 22.2. The summed E-state index contributed by atoms with van der Waals surface area (Å²) in [6.45, 7) is 2.75. The van der Waals surface area contributed by atoms with Crippen LogP contribution in [0, 0.1) is 25.6 Å². The molecular weight excluding hydrogens is 338 g/mol. The van der Waals surface area contributed by atoms with E-state index >= 15 is 0 Å². The molecule has 0 bridgehead atoms. The van der Waals surface area contributed by atoms with Crippen LogP contribution in [0.15, 0.2) is 23.1 Å². The van der Waals surface area contributed by atoms with E-state index in [0.717, 1.165) is 6.07 Å². The minimum Gasteiger partial charge on any atom is -0.263 e. The summed E-state index contributed by atoms with van der Waals surface area (Å²) in [5.41, 5.74) is 0.449. The summed E-state index contributed by atoms with van der Waals surface area (Å²) in [5.74, 6) is -0.581. The van der Waals surface area contributed by atoms with Gasteiger partial charge in [-0.05, 0) is 31.5 Å². The van der Waals surface area contributed by atoms with E-state index in [1.165, 1.54) is 16.4 Å². The molecule has 1 fully saturated rings. The van der Waals surface area contributed by atoms with Crippen molar-refractivity contribution in [3.63, 3.8) is 0 Å². The number of aryl methyl sites for hydroxylation is 2. The molecule has 6 nitrogen and oxygen atoms in total. The highest BCUT2D eigenvalue weighted by Gasteiger charge is 2.42. The van der Waals surface area contributed by atoms with Gasteiger partial charge in [0.25, 0.3) is 0 Å². The van der Waals surface area contributed by atoms with Crippen molar-refractivity contribution in [3.8, 4) is 0 Å². The Labute approximate surface area is 139 Å². The lowest BCUT2D eigenvalue weighted by Gasteiger charge is -2.17. The molecule has 0 amide bonds. The molecule has 2 atom stereocenters. The molecular formula is C15H18F2N4O2S. The van der Waals surface area contributed by atoms with Crippen LogP contribution in [0.5, 0.6) is 0 Å². The van der Waals surface area contributed by atoms with E-state index in [-0.39, 0.29) is 18.0 Å². The van der Waals surface area contributed by atoms with E-state index in [1.807, 2.05) is 0 Å². The van der Waals surface area contributed by atoms with E-state index in [9.17, 15) is 17.2 Å². The lowest BCUT2D eigenvalue weighted by atomic mass is 9.97. The lowest BCUT2D eigenvalue weighted by molar-refractivity contribution is 0.346. The van der Waals surface area contributed by atoms with Crippen LogP contribution in [0.2, 0.25) is 0 Å². The Morgan fingerprint density at radius 2 is 2.08 bits per heavy atom. The third-order valence-electron chi connectivity index (χ3n) is 4.32. The molecule has 1 aliphatic rings. The molecule has 24 heavy (non-hydrogen) atoms. The van der Waals surface area contributed by atoms with E-state index < -0.39 is 34.4 Å². The highest BCUT2D eigenvalue weighted by Crippen LogP contribution is 2.35. The molecule has 3 rings (SSSR count). The van der Waals surface area contributed by atoms with Crippen molar-refractivity contribution in [2.75, 3.05) is 19.8 Å². The molecule has 1 aromatic heterocycles. The molecule has 130 valence electrons. The van der Waals surface area contributed by atoms with Gasteiger partial charge in [-0.1, -0.05) is 6.07 Å². The standard InChI is InChI=1S/C15H18F2N4O2S/c1-9-3-4-12(17)5-14(9)24(22,23)21-7-11(6-16)13(8-21)15-18-10(2)19-20-15/h3-5,11,13H,6-8H2,1-2H3,(H,18,19,20). The fourth-order valence-corrected chi connectivity index (χ4v) is 4.75. The number of hydrogen-bond acceptors (Lipinski definition) is 4. The number of nitrogens with zero attached hydrogens (tertiary/aromatic N) is 3. The summed E-state index contributed by atoms with van der Waals surface area (Å²) in [6, 6.07) is 3.63. The second-order valence-electron chi connectivity index (χ2n) is 6.03. The van der Waals surface area contributed by atoms with Crippen molar-refractivity contribution >= 4 is 10.0 Å². The lowest BCUT2D eigenvalue weighted by Crippen LogP contribution is -2.30. The van der Waals surface area contributed by atoms with Crippen molar-refractivity contribution in [3.05, 3.63) is 41.2 Å². The maximum absolute atomic E-state index is 13.5. The van der Waals surface area contributed by atoms with Gasteiger partial charge in [-0.2, -0.15) is 9.40 Å². The summed E-state index contributed by atoms with van der Waals surface area (Å²) >= 11 is 0. The van der Waals surface area contributed by atoms with Crippen LogP contribution in [0.4, 0.5) is 8.78 Å². The van der Waals surface area contributed by atoms with Crippen LogP contribution in [0.25, 0.3) is 0 Å². The van der Waals surface area contributed by atoms with E-state index in [0.29, 0.717) is 17.2 Å². The van der Waals surface area contributed by atoms with Crippen molar-refractivity contribution in [2.45, 2.75) is 24.7 Å².